The standard InChI is InChI=1S/C15H28N2O3/c1-14(2,19)12-16-7-9-17(10-8-16)13(18)11-15(20-3)5-4-6-15/h19H,4-12H2,1-3H3. The molecule has 1 aliphatic heterocycles. The maximum absolute atomic E-state index is 12.3. The first-order valence-corrected chi connectivity index (χ1v) is 7.61. The predicted molar refractivity (Wildman–Crippen MR) is 77.5 cm³/mol. The molecule has 2 rings (SSSR count). The zero-order valence-electron chi connectivity index (χ0n) is 13.0. The molecule has 2 aliphatic rings. The van der Waals surface area contributed by atoms with E-state index >= 15 is 0 Å². The van der Waals surface area contributed by atoms with Gasteiger partial charge in [0.1, 0.15) is 0 Å². The monoisotopic (exact) mass is 284 g/mol. The van der Waals surface area contributed by atoms with Gasteiger partial charge in [0, 0.05) is 39.8 Å². The molecule has 0 bridgehead atoms. The average molecular weight is 284 g/mol. The van der Waals surface area contributed by atoms with Crippen molar-refractivity contribution in [3.63, 3.8) is 0 Å². The number of piperazine rings is 1. The molecule has 5 nitrogen and oxygen atoms in total. The summed E-state index contributed by atoms with van der Waals surface area (Å²) in [5, 5.41) is 9.83. The van der Waals surface area contributed by atoms with E-state index in [1.54, 1.807) is 7.11 Å². The molecule has 0 aromatic heterocycles. The number of methoxy groups -OCH3 is 1. The first-order chi connectivity index (χ1) is 9.34. The third kappa shape index (κ3) is 3.93. The molecule has 1 saturated carbocycles. The minimum Gasteiger partial charge on any atom is -0.389 e. The largest absolute Gasteiger partial charge is 0.389 e. The molecule has 5 heteroatoms. The minimum atomic E-state index is -0.668. The lowest BCUT2D eigenvalue weighted by Crippen LogP contribution is -2.53. The molecule has 1 saturated heterocycles. The van der Waals surface area contributed by atoms with Crippen LogP contribution in [0.4, 0.5) is 0 Å². The Kier molecular flexibility index (Phi) is 4.72. The van der Waals surface area contributed by atoms with Crippen molar-refractivity contribution in [2.24, 2.45) is 0 Å². The lowest BCUT2D eigenvalue weighted by Gasteiger charge is -2.42. The van der Waals surface area contributed by atoms with Crippen LogP contribution in [0, 0.1) is 0 Å². The molecule has 0 atom stereocenters. The number of nitrogens with zero attached hydrogens (tertiary/aromatic N) is 2. The van der Waals surface area contributed by atoms with Crippen molar-refractivity contribution in [1.82, 2.24) is 9.80 Å². The van der Waals surface area contributed by atoms with Crippen molar-refractivity contribution in [2.45, 2.75) is 50.7 Å². The number of β-amino-alcohol motifs (C(OH)–C–C–N with tert-alkyl or cyclic N) is 1. The van der Waals surface area contributed by atoms with E-state index in [2.05, 4.69) is 4.90 Å². The molecular weight excluding hydrogens is 256 g/mol. The second-order valence-electron chi connectivity index (χ2n) is 6.89. The number of carbonyl (C=O) groups excluding carboxylic acids is 1. The van der Waals surface area contributed by atoms with E-state index in [9.17, 15) is 9.90 Å². The van der Waals surface area contributed by atoms with E-state index in [1.807, 2.05) is 18.7 Å². The summed E-state index contributed by atoms with van der Waals surface area (Å²) in [6.45, 7) is 7.51. The maximum Gasteiger partial charge on any atom is 0.225 e. The van der Waals surface area contributed by atoms with Crippen LogP contribution in [-0.2, 0) is 9.53 Å². The Balaban J connectivity index is 1.77. The van der Waals surface area contributed by atoms with E-state index in [0.29, 0.717) is 13.0 Å². The predicted octanol–water partition coefficient (Wildman–Crippen LogP) is 0.861. The Morgan fingerprint density at radius 2 is 1.85 bits per heavy atom. The van der Waals surface area contributed by atoms with Gasteiger partial charge in [-0.05, 0) is 33.1 Å². The number of hydrogen-bond donors (Lipinski definition) is 1. The fraction of sp³-hybridized carbons (Fsp3) is 0.933. The van der Waals surface area contributed by atoms with Crippen molar-refractivity contribution < 1.29 is 14.6 Å². The fourth-order valence-electron chi connectivity index (χ4n) is 3.11. The van der Waals surface area contributed by atoms with Crippen molar-refractivity contribution in [3.8, 4) is 0 Å². The summed E-state index contributed by atoms with van der Waals surface area (Å²) in [5.41, 5.74) is -0.848. The van der Waals surface area contributed by atoms with Crippen LogP contribution in [-0.4, -0.2) is 71.8 Å². The fourth-order valence-corrected chi connectivity index (χ4v) is 3.11. The third-order valence-electron chi connectivity index (χ3n) is 4.51. The highest BCUT2D eigenvalue weighted by Crippen LogP contribution is 2.38. The highest BCUT2D eigenvalue weighted by atomic mass is 16.5. The van der Waals surface area contributed by atoms with E-state index in [-0.39, 0.29) is 11.5 Å². The number of aliphatic hydroxyl groups is 1. The lowest BCUT2D eigenvalue weighted by molar-refractivity contribution is -0.146. The molecule has 116 valence electrons. The minimum absolute atomic E-state index is 0.179. The van der Waals surface area contributed by atoms with Gasteiger partial charge in [0.15, 0.2) is 0 Å². The van der Waals surface area contributed by atoms with Gasteiger partial charge < -0.3 is 14.7 Å². The molecule has 1 N–H and O–H groups in total. The number of amides is 1. The lowest BCUT2D eigenvalue weighted by atomic mass is 9.77. The van der Waals surface area contributed by atoms with Gasteiger partial charge in [-0.2, -0.15) is 0 Å². The van der Waals surface area contributed by atoms with Gasteiger partial charge in [0.25, 0.3) is 0 Å². The Hall–Kier alpha value is -0.650. The van der Waals surface area contributed by atoms with Crippen molar-refractivity contribution >= 4 is 5.91 Å². The van der Waals surface area contributed by atoms with Gasteiger partial charge in [-0.15, -0.1) is 0 Å². The Bertz CT molecular complexity index is 334. The number of hydrogen-bond acceptors (Lipinski definition) is 4. The van der Waals surface area contributed by atoms with Gasteiger partial charge in [-0.1, -0.05) is 0 Å². The zero-order chi connectivity index (χ0) is 14.8. The summed E-state index contributed by atoms with van der Waals surface area (Å²) in [6, 6.07) is 0. The first-order valence-electron chi connectivity index (χ1n) is 7.61. The first kappa shape index (κ1) is 15.7. The van der Waals surface area contributed by atoms with Gasteiger partial charge in [0.05, 0.1) is 17.6 Å². The second kappa shape index (κ2) is 6.00. The molecule has 0 aromatic carbocycles. The van der Waals surface area contributed by atoms with Crippen LogP contribution in [0.5, 0.6) is 0 Å². The Labute approximate surface area is 121 Å². The smallest absolute Gasteiger partial charge is 0.225 e. The SMILES string of the molecule is COC1(CC(=O)N2CCN(CC(C)(C)O)CC2)CCC1. The Morgan fingerprint density at radius 1 is 1.25 bits per heavy atom. The second-order valence-corrected chi connectivity index (χ2v) is 6.89. The molecule has 1 amide bonds. The molecule has 1 aliphatic carbocycles. The summed E-state index contributed by atoms with van der Waals surface area (Å²) >= 11 is 0. The van der Waals surface area contributed by atoms with Gasteiger partial charge in [0.2, 0.25) is 5.91 Å². The Morgan fingerprint density at radius 3 is 2.25 bits per heavy atom. The highest BCUT2D eigenvalue weighted by Gasteiger charge is 2.40. The quantitative estimate of drug-likeness (QED) is 0.813. The van der Waals surface area contributed by atoms with E-state index in [1.165, 1.54) is 6.42 Å². The van der Waals surface area contributed by atoms with Crippen molar-refractivity contribution in [1.29, 1.82) is 0 Å². The molecular formula is C15H28N2O3. The normalized spacial score (nSPS) is 23.5. The van der Waals surface area contributed by atoms with E-state index in [4.69, 9.17) is 4.74 Å². The maximum atomic E-state index is 12.3. The van der Waals surface area contributed by atoms with Gasteiger partial charge in [-0.25, -0.2) is 0 Å². The molecule has 1 heterocycles. The average Bonchev–Trinajstić information content (AvgIpc) is 2.32. The van der Waals surface area contributed by atoms with Crippen molar-refractivity contribution in [2.75, 3.05) is 39.8 Å². The van der Waals surface area contributed by atoms with Gasteiger partial charge >= 0.3 is 0 Å². The molecule has 0 spiro atoms. The van der Waals surface area contributed by atoms with Gasteiger partial charge in [-0.3, -0.25) is 9.69 Å². The molecule has 20 heavy (non-hydrogen) atoms. The van der Waals surface area contributed by atoms with Crippen molar-refractivity contribution in [3.05, 3.63) is 0 Å². The summed E-state index contributed by atoms with van der Waals surface area (Å²) in [6.07, 6.45) is 3.71. The topological polar surface area (TPSA) is 53.0 Å². The van der Waals surface area contributed by atoms with Crippen LogP contribution in [0.3, 0.4) is 0 Å². The van der Waals surface area contributed by atoms with Crippen LogP contribution >= 0.6 is 0 Å². The van der Waals surface area contributed by atoms with Crippen LogP contribution in [0.25, 0.3) is 0 Å². The summed E-state index contributed by atoms with van der Waals surface area (Å²) in [4.78, 5) is 16.5. The molecule has 0 unspecified atom stereocenters. The molecule has 2 fully saturated rings. The van der Waals surface area contributed by atoms with Crippen LogP contribution < -0.4 is 0 Å². The molecule has 0 radical (unpaired) electrons. The number of ether oxygens (including phenoxy) is 1. The molecule has 0 aromatic rings. The third-order valence-corrected chi connectivity index (χ3v) is 4.51. The van der Waals surface area contributed by atoms with Crippen LogP contribution in [0.2, 0.25) is 0 Å². The van der Waals surface area contributed by atoms with E-state index < -0.39 is 5.60 Å². The zero-order valence-corrected chi connectivity index (χ0v) is 13.0. The number of carbonyl (C=O) groups is 1. The summed E-state index contributed by atoms with van der Waals surface area (Å²) < 4.78 is 5.53. The van der Waals surface area contributed by atoms with Crippen LogP contribution in [0.1, 0.15) is 39.5 Å². The van der Waals surface area contributed by atoms with E-state index in [0.717, 1.165) is 39.0 Å². The highest BCUT2D eigenvalue weighted by molar-refractivity contribution is 5.77. The summed E-state index contributed by atoms with van der Waals surface area (Å²) in [5.74, 6) is 0.217. The van der Waals surface area contributed by atoms with Crippen LogP contribution in [0.15, 0.2) is 0 Å². The number of rotatable bonds is 5. The summed E-state index contributed by atoms with van der Waals surface area (Å²) in [7, 11) is 1.72.